The molecule has 0 saturated carbocycles. The summed E-state index contributed by atoms with van der Waals surface area (Å²) in [7, 11) is -5.06. The minimum absolute atomic E-state index is 0.906. The van der Waals surface area contributed by atoms with Crippen molar-refractivity contribution in [2.24, 2.45) is 0 Å². The fraction of sp³-hybridized carbons (Fsp3) is 0. The van der Waals surface area contributed by atoms with Crippen molar-refractivity contribution in [3.8, 4) is 67.0 Å². The summed E-state index contributed by atoms with van der Waals surface area (Å²) in [6.07, 6.45) is 0. The molecule has 15 rings (SSSR count). The average Bonchev–Trinajstić information content (AvgIpc) is 4.11. The zero-order valence-electron chi connectivity index (χ0n) is 41.6. The normalized spacial score (nSPS) is 13.5. The van der Waals surface area contributed by atoms with Crippen molar-refractivity contribution in [1.29, 1.82) is 0 Å². The Labute approximate surface area is 445 Å². The lowest BCUT2D eigenvalue weighted by Gasteiger charge is -2.31. The summed E-state index contributed by atoms with van der Waals surface area (Å²) in [6, 6.07) is 108. The van der Waals surface area contributed by atoms with Gasteiger partial charge in [0.2, 0.25) is 0 Å². The fourth-order valence-corrected chi connectivity index (χ4v) is 23.3. The first-order chi connectivity index (χ1) is 37.7. The Hall–Kier alpha value is -9.33. The van der Waals surface area contributed by atoms with Crippen LogP contribution in [0.15, 0.2) is 291 Å². The molecule has 0 N–H and O–H groups in total. The molecule has 0 atom stereocenters. The SMILES string of the molecule is c1ccc([Si]2(c3ccccc3)c3ccccc3-c3cc(-c4ccc(-c5ccc6ccc7ccc(-c8ccc(-c9ccc%10c(c9)-c9ccccc9[Si]%10(c9ccccc9)c9ccccc9)cc8)nc7c6n5)cc4)ccc32)cc1. The lowest BCUT2D eigenvalue weighted by Crippen LogP contribution is -2.72. The first-order valence-corrected chi connectivity index (χ1v) is 30.3. The molecule has 2 nitrogen and oxygen atoms in total. The van der Waals surface area contributed by atoms with Crippen molar-refractivity contribution in [2.45, 2.75) is 0 Å². The van der Waals surface area contributed by atoms with E-state index in [1.807, 2.05) is 0 Å². The van der Waals surface area contributed by atoms with Gasteiger partial charge in [-0.1, -0.05) is 267 Å². The molecule has 2 aromatic heterocycles. The van der Waals surface area contributed by atoms with Crippen molar-refractivity contribution in [3.63, 3.8) is 0 Å². The van der Waals surface area contributed by atoms with Crippen LogP contribution in [0.2, 0.25) is 0 Å². The molecule has 76 heavy (non-hydrogen) atoms. The maximum Gasteiger partial charge on any atom is 0.180 e. The second-order valence-electron chi connectivity index (χ2n) is 20.3. The number of benzene rings is 11. The number of nitrogens with zero attached hydrogens (tertiary/aromatic N) is 2. The molecule has 0 unspecified atom stereocenters. The van der Waals surface area contributed by atoms with Crippen LogP contribution in [0.3, 0.4) is 0 Å². The van der Waals surface area contributed by atoms with E-state index in [9.17, 15) is 0 Å². The van der Waals surface area contributed by atoms with Gasteiger partial charge in [0.15, 0.2) is 16.1 Å². The summed E-state index contributed by atoms with van der Waals surface area (Å²) in [4.78, 5) is 10.7. The van der Waals surface area contributed by atoms with Crippen LogP contribution >= 0.6 is 0 Å². The van der Waals surface area contributed by atoms with Gasteiger partial charge in [-0.05, 0) is 110 Å². The second-order valence-corrected chi connectivity index (χ2v) is 27.8. The van der Waals surface area contributed by atoms with Gasteiger partial charge < -0.3 is 0 Å². The van der Waals surface area contributed by atoms with Gasteiger partial charge in [0, 0.05) is 21.9 Å². The first kappa shape index (κ1) is 44.2. The van der Waals surface area contributed by atoms with Crippen LogP contribution in [0.25, 0.3) is 88.8 Å². The number of hydrogen-bond donors (Lipinski definition) is 0. The van der Waals surface area contributed by atoms with E-state index >= 15 is 0 Å². The number of aromatic nitrogens is 2. The van der Waals surface area contributed by atoms with Crippen LogP contribution in [0.1, 0.15) is 0 Å². The molecule has 0 amide bonds. The Morgan fingerprint density at radius 1 is 0.211 bits per heavy atom. The number of hydrogen-bond acceptors (Lipinski definition) is 2. The third kappa shape index (κ3) is 6.71. The lowest BCUT2D eigenvalue weighted by molar-refractivity contribution is 1.36. The van der Waals surface area contributed by atoms with E-state index in [2.05, 4.69) is 291 Å². The van der Waals surface area contributed by atoms with Gasteiger partial charge in [-0.2, -0.15) is 0 Å². The highest BCUT2D eigenvalue weighted by atomic mass is 28.3. The van der Waals surface area contributed by atoms with Crippen molar-refractivity contribution < 1.29 is 0 Å². The molecule has 0 fully saturated rings. The molecule has 2 aliphatic rings. The Bertz CT molecular complexity index is 4010. The summed E-state index contributed by atoms with van der Waals surface area (Å²) >= 11 is 0. The standard InChI is InChI=1S/C72H48N2Si2/c1-5-17-57(18-6-1)75(58-19-7-2-8-20-58)67-27-15-13-25-61(67)63-47-55(41-45-69(63)75)49-29-33-51(34-30-49)65-43-39-53-37-38-54-40-44-66(74-72(54)71(53)73-65)52-35-31-50(32-36-52)56-42-46-70-64(48-56)62-26-14-16-28-68(62)76(70,59-21-9-3-10-22-59)60-23-11-4-12-24-60/h1-48H. The Balaban J connectivity index is 0.746. The van der Waals surface area contributed by atoms with Crippen LogP contribution < -0.4 is 41.5 Å². The lowest BCUT2D eigenvalue weighted by atomic mass is 9.97. The van der Waals surface area contributed by atoms with Gasteiger partial charge >= 0.3 is 0 Å². The summed E-state index contributed by atoms with van der Waals surface area (Å²) in [5.74, 6) is 0. The molecule has 13 aromatic rings. The largest absolute Gasteiger partial charge is 0.245 e. The van der Waals surface area contributed by atoms with Crippen LogP contribution in [-0.4, -0.2) is 26.1 Å². The zero-order chi connectivity index (χ0) is 50.2. The summed E-state index contributed by atoms with van der Waals surface area (Å²) in [5, 5.41) is 13.6. The molecule has 354 valence electrons. The zero-order valence-corrected chi connectivity index (χ0v) is 43.6. The molecule has 4 heterocycles. The monoisotopic (exact) mass is 996 g/mol. The molecule has 0 saturated heterocycles. The molecule has 11 aromatic carbocycles. The highest BCUT2D eigenvalue weighted by Crippen LogP contribution is 2.36. The number of rotatable bonds is 8. The second kappa shape index (κ2) is 17.7. The number of fused-ring (bicyclic) bond motifs is 9. The Morgan fingerprint density at radius 2 is 0.500 bits per heavy atom. The van der Waals surface area contributed by atoms with Crippen molar-refractivity contribution in [2.75, 3.05) is 0 Å². The minimum Gasteiger partial charge on any atom is -0.245 e. The van der Waals surface area contributed by atoms with Gasteiger partial charge in [-0.3, -0.25) is 0 Å². The molecular weight excluding hydrogens is 949 g/mol. The van der Waals surface area contributed by atoms with E-state index in [1.165, 1.54) is 86.0 Å². The van der Waals surface area contributed by atoms with Crippen LogP contribution in [-0.2, 0) is 0 Å². The van der Waals surface area contributed by atoms with Gasteiger partial charge in [0.1, 0.15) is 0 Å². The Morgan fingerprint density at radius 3 is 0.868 bits per heavy atom. The topological polar surface area (TPSA) is 25.8 Å². The summed E-state index contributed by atoms with van der Waals surface area (Å²) in [5.41, 5.74) is 16.0. The number of pyridine rings is 2. The van der Waals surface area contributed by atoms with Crippen LogP contribution in [0, 0.1) is 0 Å². The maximum absolute atomic E-state index is 5.35. The average molecular weight is 997 g/mol. The van der Waals surface area contributed by atoms with Crippen LogP contribution in [0.5, 0.6) is 0 Å². The van der Waals surface area contributed by atoms with E-state index < -0.39 is 16.1 Å². The third-order valence-corrected chi connectivity index (χ3v) is 26.2. The maximum atomic E-state index is 5.35. The van der Waals surface area contributed by atoms with E-state index in [0.717, 1.165) is 44.3 Å². The predicted octanol–water partition coefficient (Wildman–Crippen LogP) is 12.2. The van der Waals surface area contributed by atoms with Crippen molar-refractivity contribution in [3.05, 3.63) is 291 Å². The molecular formula is C72H48N2Si2. The highest BCUT2D eigenvalue weighted by molar-refractivity contribution is 7.23. The van der Waals surface area contributed by atoms with Gasteiger partial charge in [-0.15, -0.1) is 0 Å². The Kier molecular flexibility index (Phi) is 10.3. The minimum atomic E-state index is -2.53. The smallest absolute Gasteiger partial charge is 0.180 e. The fourth-order valence-electron chi connectivity index (χ4n) is 13.0. The molecule has 0 spiro atoms. The van der Waals surface area contributed by atoms with Gasteiger partial charge in [0.25, 0.3) is 0 Å². The summed E-state index contributed by atoms with van der Waals surface area (Å²) in [6.45, 7) is 0. The first-order valence-electron chi connectivity index (χ1n) is 26.3. The van der Waals surface area contributed by atoms with E-state index in [4.69, 9.17) is 9.97 Å². The molecule has 0 radical (unpaired) electrons. The highest BCUT2D eigenvalue weighted by Gasteiger charge is 2.50. The predicted molar refractivity (Wildman–Crippen MR) is 324 cm³/mol. The van der Waals surface area contributed by atoms with Crippen LogP contribution in [0.4, 0.5) is 0 Å². The van der Waals surface area contributed by atoms with Crippen molar-refractivity contribution >= 4 is 79.4 Å². The van der Waals surface area contributed by atoms with Gasteiger partial charge in [0.05, 0.1) is 22.4 Å². The molecule has 2 aliphatic heterocycles. The van der Waals surface area contributed by atoms with E-state index in [0.29, 0.717) is 0 Å². The van der Waals surface area contributed by atoms with Gasteiger partial charge in [-0.25, -0.2) is 9.97 Å². The van der Waals surface area contributed by atoms with E-state index in [1.54, 1.807) is 0 Å². The third-order valence-electron chi connectivity index (χ3n) is 16.5. The van der Waals surface area contributed by atoms with E-state index in [-0.39, 0.29) is 0 Å². The quantitative estimate of drug-likeness (QED) is 0.112. The molecule has 0 aliphatic carbocycles. The summed E-state index contributed by atoms with van der Waals surface area (Å²) < 4.78 is 0. The molecule has 0 bridgehead atoms. The van der Waals surface area contributed by atoms with Crippen molar-refractivity contribution in [1.82, 2.24) is 9.97 Å². The molecule has 4 heteroatoms.